The summed E-state index contributed by atoms with van der Waals surface area (Å²) in [6, 6.07) is 4.19. The summed E-state index contributed by atoms with van der Waals surface area (Å²) in [6.45, 7) is 3.62. The highest BCUT2D eigenvalue weighted by Gasteiger charge is 2.22. The molecule has 22 heavy (non-hydrogen) atoms. The number of carbonyl (C=O) groups excluding carboxylic acids is 2. The van der Waals surface area contributed by atoms with Crippen LogP contribution in [0.15, 0.2) is 18.2 Å². The van der Waals surface area contributed by atoms with Crippen molar-refractivity contribution in [3.8, 4) is 5.75 Å². The fourth-order valence-electron chi connectivity index (χ4n) is 2.93. The lowest BCUT2D eigenvalue weighted by Crippen LogP contribution is -2.32. The van der Waals surface area contributed by atoms with Gasteiger partial charge >= 0.3 is 5.97 Å². The molecule has 1 atom stereocenters. The van der Waals surface area contributed by atoms with E-state index in [1.54, 1.807) is 0 Å². The molecule has 1 aromatic carbocycles. The molecule has 5 nitrogen and oxygen atoms in total. The van der Waals surface area contributed by atoms with Crippen molar-refractivity contribution < 1.29 is 19.4 Å². The molecule has 1 aliphatic rings. The van der Waals surface area contributed by atoms with Crippen molar-refractivity contribution in [3.63, 3.8) is 0 Å². The Morgan fingerprint density at radius 1 is 1.23 bits per heavy atom. The van der Waals surface area contributed by atoms with Crippen molar-refractivity contribution in [2.24, 2.45) is 5.92 Å². The number of hydrogen-bond acceptors (Lipinski definition) is 4. The molecule has 0 spiro atoms. The van der Waals surface area contributed by atoms with E-state index in [9.17, 15) is 14.7 Å². The van der Waals surface area contributed by atoms with Gasteiger partial charge in [-0.25, -0.2) is 4.79 Å². The van der Waals surface area contributed by atoms with Crippen LogP contribution in [0.5, 0.6) is 5.75 Å². The zero-order valence-corrected chi connectivity index (χ0v) is 13.2. The Morgan fingerprint density at radius 2 is 1.95 bits per heavy atom. The molecule has 1 heterocycles. The summed E-state index contributed by atoms with van der Waals surface area (Å²) in [7, 11) is 1.27. The standard InChI is InChI=1S/C17H23NO4/c1-3-12-5-4-7-18(8-6-12)16(20)13-9-14(17(21)22-2)11-15(19)10-13/h9-12,19H,3-8H2,1-2H3/t12-/m0/s1. The van der Waals surface area contributed by atoms with E-state index in [-0.39, 0.29) is 17.2 Å². The van der Waals surface area contributed by atoms with Crippen LogP contribution in [-0.4, -0.2) is 42.1 Å². The number of esters is 1. The van der Waals surface area contributed by atoms with Crippen molar-refractivity contribution in [2.75, 3.05) is 20.2 Å². The van der Waals surface area contributed by atoms with Gasteiger partial charge < -0.3 is 14.7 Å². The van der Waals surface area contributed by atoms with Crippen LogP contribution in [-0.2, 0) is 4.74 Å². The smallest absolute Gasteiger partial charge is 0.338 e. The molecular formula is C17H23NO4. The number of amides is 1. The van der Waals surface area contributed by atoms with Gasteiger partial charge in [-0.3, -0.25) is 4.79 Å². The summed E-state index contributed by atoms with van der Waals surface area (Å²) in [6.07, 6.45) is 4.28. The molecule has 0 unspecified atom stereocenters. The van der Waals surface area contributed by atoms with Crippen LogP contribution in [0.4, 0.5) is 0 Å². The summed E-state index contributed by atoms with van der Waals surface area (Å²) in [5, 5.41) is 9.74. The molecule has 1 aliphatic heterocycles. The van der Waals surface area contributed by atoms with E-state index in [0.717, 1.165) is 38.8 Å². The second-order valence-corrected chi connectivity index (χ2v) is 5.76. The van der Waals surface area contributed by atoms with E-state index < -0.39 is 5.97 Å². The van der Waals surface area contributed by atoms with Gasteiger partial charge in [-0.2, -0.15) is 0 Å². The first-order valence-corrected chi connectivity index (χ1v) is 7.76. The summed E-state index contributed by atoms with van der Waals surface area (Å²) < 4.78 is 4.65. The van der Waals surface area contributed by atoms with Gasteiger partial charge in [0.25, 0.3) is 5.91 Å². The number of benzene rings is 1. The van der Waals surface area contributed by atoms with Gasteiger partial charge in [0.1, 0.15) is 5.75 Å². The number of hydrogen-bond donors (Lipinski definition) is 1. The molecular weight excluding hydrogens is 282 g/mol. The molecule has 0 saturated carbocycles. The Morgan fingerprint density at radius 3 is 2.64 bits per heavy atom. The third kappa shape index (κ3) is 3.78. The zero-order chi connectivity index (χ0) is 16.1. The number of phenols is 1. The predicted molar refractivity (Wildman–Crippen MR) is 83.0 cm³/mol. The first-order valence-electron chi connectivity index (χ1n) is 7.76. The average molecular weight is 305 g/mol. The van der Waals surface area contributed by atoms with Crippen LogP contribution in [0, 0.1) is 5.92 Å². The van der Waals surface area contributed by atoms with E-state index >= 15 is 0 Å². The fraction of sp³-hybridized carbons (Fsp3) is 0.529. The average Bonchev–Trinajstić information content (AvgIpc) is 2.78. The number of methoxy groups -OCH3 is 1. The minimum atomic E-state index is -0.563. The van der Waals surface area contributed by atoms with Crippen LogP contribution in [0.1, 0.15) is 53.3 Å². The number of phenolic OH excluding ortho intramolecular Hbond substituents is 1. The largest absolute Gasteiger partial charge is 0.508 e. The van der Waals surface area contributed by atoms with E-state index in [1.807, 2.05) is 4.90 Å². The highest BCUT2D eigenvalue weighted by molar-refractivity contribution is 5.98. The minimum absolute atomic E-state index is 0.104. The number of rotatable bonds is 3. The van der Waals surface area contributed by atoms with E-state index in [4.69, 9.17) is 0 Å². The lowest BCUT2D eigenvalue weighted by atomic mass is 9.98. The summed E-state index contributed by atoms with van der Waals surface area (Å²) in [4.78, 5) is 26.0. The first kappa shape index (κ1) is 16.3. The van der Waals surface area contributed by atoms with Crippen molar-refractivity contribution >= 4 is 11.9 Å². The fourth-order valence-corrected chi connectivity index (χ4v) is 2.93. The van der Waals surface area contributed by atoms with Crippen molar-refractivity contribution in [2.45, 2.75) is 32.6 Å². The SMILES string of the molecule is CC[C@H]1CCCN(C(=O)c2cc(O)cc(C(=O)OC)c2)CC1. The van der Waals surface area contributed by atoms with Gasteiger partial charge in [-0.1, -0.05) is 13.3 Å². The topological polar surface area (TPSA) is 66.8 Å². The Labute approximate surface area is 130 Å². The summed E-state index contributed by atoms with van der Waals surface area (Å²) in [5.41, 5.74) is 0.516. The summed E-state index contributed by atoms with van der Waals surface area (Å²) >= 11 is 0. The maximum atomic E-state index is 12.6. The van der Waals surface area contributed by atoms with E-state index in [2.05, 4.69) is 11.7 Å². The first-order chi connectivity index (χ1) is 10.5. The second-order valence-electron chi connectivity index (χ2n) is 5.76. The molecule has 0 aromatic heterocycles. The Balaban J connectivity index is 2.18. The monoisotopic (exact) mass is 305 g/mol. The van der Waals surface area contributed by atoms with E-state index in [0.29, 0.717) is 11.5 Å². The van der Waals surface area contributed by atoms with Gasteiger partial charge in [-0.15, -0.1) is 0 Å². The van der Waals surface area contributed by atoms with Crippen LogP contribution in [0.3, 0.4) is 0 Å². The minimum Gasteiger partial charge on any atom is -0.508 e. The molecule has 0 aliphatic carbocycles. The van der Waals surface area contributed by atoms with Crippen molar-refractivity contribution in [3.05, 3.63) is 29.3 Å². The molecule has 1 aromatic rings. The summed E-state index contributed by atoms with van der Waals surface area (Å²) in [5.74, 6) is -0.134. The van der Waals surface area contributed by atoms with Gasteiger partial charge in [0, 0.05) is 18.7 Å². The normalized spacial score (nSPS) is 18.6. The molecule has 1 amide bonds. The zero-order valence-electron chi connectivity index (χ0n) is 13.2. The van der Waals surface area contributed by atoms with Crippen LogP contribution in [0.25, 0.3) is 0 Å². The van der Waals surface area contributed by atoms with Crippen LogP contribution >= 0.6 is 0 Å². The predicted octanol–water partition coefficient (Wildman–Crippen LogP) is 2.83. The van der Waals surface area contributed by atoms with Crippen LogP contribution in [0.2, 0.25) is 0 Å². The van der Waals surface area contributed by atoms with Crippen LogP contribution < -0.4 is 0 Å². The molecule has 0 radical (unpaired) electrons. The molecule has 2 rings (SSSR count). The molecule has 120 valence electrons. The van der Waals surface area contributed by atoms with Gasteiger partial charge in [0.05, 0.1) is 12.7 Å². The maximum absolute atomic E-state index is 12.6. The molecule has 1 saturated heterocycles. The Bertz CT molecular complexity index is 556. The molecule has 5 heteroatoms. The van der Waals surface area contributed by atoms with Crippen molar-refractivity contribution in [1.82, 2.24) is 4.90 Å². The molecule has 1 N–H and O–H groups in total. The number of aromatic hydroxyl groups is 1. The van der Waals surface area contributed by atoms with Gasteiger partial charge in [-0.05, 0) is 43.4 Å². The van der Waals surface area contributed by atoms with Crippen molar-refractivity contribution in [1.29, 1.82) is 0 Å². The number of likely N-dealkylation sites (tertiary alicyclic amines) is 1. The van der Waals surface area contributed by atoms with Gasteiger partial charge in [0.2, 0.25) is 0 Å². The number of nitrogens with zero attached hydrogens (tertiary/aromatic N) is 1. The highest BCUT2D eigenvalue weighted by atomic mass is 16.5. The third-order valence-corrected chi connectivity index (χ3v) is 4.30. The van der Waals surface area contributed by atoms with Gasteiger partial charge in [0.15, 0.2) is 0 Å². The lowest BCUT2D eigenvalue weighted by Gasteiger charge is -2.21. The Hall–Kier alpha value is -2.04. The quantitative estimate of drug-likeness (QED) is 0.872. The van der Waals surface area contributed by atoms with E-state index in [1.165, 1.54) is 25.3 Å². The second kappa shape index (κ2) is 7.29. The molecule has 0 bridgehead atoms. The molecule has 1 fully saturated rings. The lowest BCUT2D eigenvalue weighted by molar-refractivity contribution is 0.0600. The number of ether oxygens (including phenoxy) is 1. The number of carbonyl (C=O) groups is 2. The maximum Gasteiger partial charge on any atom is 0.338 e. The Kier molecular flexibility index (Phi) is 5.41. The highest BCUT2D eigenvalue weighted by Crippen LogP contribution is 2.23. The third-order valence-electron chi connectivity index (χ3n) is 4.30.